The molecular formula is C11H16ClN3O. The molecule has 0 saturated heterocycles. The molecule has 1 aromatic rings. The Hall–Kier alpha value is -1.03. The van der Waals surface area contributed by atoms with Gasteiger partial charge in [0, 0.05) is 12.2 Å². The van der Waals surface area contributed by atoms with E-state index in [2.05, 4.69) is 16.5 Å². The summed E-state index contributed by atoms with van der Waals surface area (Å²) in [4.78, 5) is 11.2. The Labute approximate surface area is 100.0 Å². The van der Waals surface area contributed by atoms with Crippen LogP contribution in [0.3, 0.4) is 0 Å². The highest BCUT2D eigenvalue weighted by Gasteiger charge is 2.16. The molecule has 1 aliphatic rings. The number of halogens is 1. The van der Waals surface area contributed by atoms with Gasteiger partial charge in [0.2, 0.25) is 5.91 Å². The number of aromatic nitrogens is 2. The summed E-state index contributed by atoms with van der Waals surface area (Å²) in [5, 5.41) is 7.31. The van der Waals surface area contributed by atoms with Crippen LogP contribution in [0.25, 0.3) is 0 Å². The zero-order valence-corrected chi connectivity index (χ0v) is 10.1. The molecule has 1 amide bonds. The Kier molecular flexibility index (Phi) is 3.49. The lowest BCUT2D eigenvalue weighted by atomic mass is 10.1. The number of hydrogen-bond acceptors (Lipinski definition) is 2. The van der Waals surface area contributed by atoms with E-state index < -0.39 is 0 Å². The first-order valence-corrected chi connectivity index (χ1v) is 6.16. The lowest BCUT2D eigenvalue weighted by Crippen LogP contribution is -2.27. The Morgan fingerprint density at radius 1 is 1.69 bits per heavy atom. The van der Waals surface area contributed by atoms with Crippen molar-refractivity contribution in [3.63, 3.8) is 0 Å². The fraction of sp³-hybridized carbons (Fsp3) is 0.636. The van der Waals surface area contributed by atoms with Gasteiger partial charge in [-0.3, -0.25) is 9.48 Å². The number of fused-ring (bicyclic) bond motifs is 1. The molecule has 1 aromatic heterocycles. The normalized spacial score (nSPS) is 16.6. The van der Waals surface area contributed by atoms with E-state index in [0.29, 0.717) is 0 Å². The molecule has 0 radical (unpaired) electrons. The van der Waals surface area contributed by atoms with Crippen LogP contribution in [0.2, 0.25) is 0 Å². The van der Waals surface area contributed by atoms with Gasteiger partial charge < -0.3 is 5.32 Å². The van der Waals surface area contributed by atoms with Crippen molar-refractivity contribution in [2.24, 2.45) is 0 Å². The maximum atomic E-state index is 11.2. The van der Waals surface area contributed by atoms with Crippen LogP contribution in [-0.4, -0.2) is 21.6 Å². The SMILES string of the molecule is CC(NC(=O)CCl)c1cc2n(n1)CCCC2. The van der Waals surface area contributed by atoms with E-state index in [-0.39, 0.29) is 17.8 Å². The van der Waals surface area contributed by atoms with Gasteiger partial charge in [-0.1, -0.05) is 0 Å². The van der Waals surface area contributed by atoms with Crippen molar-refractivity contribution in [2.45, 2.75) is 38.8 Å². The highest BCUT2D eigenvalue weighted by Crippen LogP contribution is 2.19. The minimum Gasteiger partial charge on any atom is -0.347 e. The van der Waals surface area contributed by atoms with Gasteiger partial charge in [-0.25, -0.2) is 0 Å². The molecule has 0 fully saturated rings. The predicted molar refractivity (Wildman–Crippen MR) is 62.4 cm³/mol. The lowest BCUT2D eigenvalue weighted by Gasteiger charge is -2.12. The van der Waals surface area contributed by atoms with Gasteiger partial charge >= 0.3 is 0 Å². The molecule has 0 bridgehead atoms. The van der Waals surface area contributed by atoms with E-state index in [9.17, 15) is 4.79 Å². The molecule has 0 spiro atoms. The summed E-state index contributed by atoms with van der Waals surface area (Å²) in [5.74, 6) is -0.155. The van der Waals surface area contributed by atoms with Crippen LogP contribution in [0.4, 0.5) is 0 Å². The number of carbonyl (C=O) groups excluding carboxylic acids is 1. The van der Waals surface area contributed by atoms with Crippen molar-refractivity contribution in [3.8, 4) is 0 Å². The number of hydrogen-bond donors (Lipinski definition) is 1. The molecule has 0 aromatic carbocycles. The second-order valence-corrected chi connectivity index (χ2v) is 4.43. The van der Waals surface area contributed by atoms with Crippen LogP contribution in [-0.2, 0) is 17.8 Å². The quantitative estimate of drug-likeness (QED) is 0.818. The maximum absolute atomic E-state index is 11.2. The summed E-state index contributed by atoms with van der Waals surface area (Å²) in [6.45, 7) is 2.92. The topological polar surface area (TPSA) is 46.9 Å². The smallest absolute Gasteiger partial charge is 0.235 e. The summed E-state index contributed by atoms with van der Waals surface area (Å²) < 4.78 is 2.04. The molecule has 1 aliphatic heterocycles. The number of rotatable bonds is 3. The van der Waals surface area contributed by atoms with Crippen LogP contribution in [0, 0.1) is 0 Å². The molecule has 0 aliphatic carbocycles. The molecule has 5 heteroatoms. The molecule has 4 nitrogen and oxygen atoms in total. The second-order valence-electron chi connectivity index (χ2n) is 4.16. The summed E-state index contributed by atoms with van der Waals surface area (Å²) in [6.07, 6.45) is 3.51. The predicted octanol–water partition coefficient (Wildman–Crippen LogP) is 1.64. The zero-order valence-electron chi connectivity index (χ0n) is 9.37. The van der Waals surface area contributed by atoms with E-state index >= 15 is 0 Å². The van der Waals surface area contributed by atoms with Crippen LogP contribution < -0.4 is 5.32 Å². The minimum atomic E-state index is -0.153. The van der Waals surface area contributed by atoms with E-state index in [0.717, 1.165) is 18.7 Å². The van der Waals surface area contributed by atoms with Gasteiger partial charge in [0.15, 0.2) is 0 Å². The third-order valence-corrected chi connectivity index (χ3v) is 3.12. The molecule has 1 atom stereocenters. The van der Waals surface area contributed by atoms with Gasteiger partial charge in [-0.2, -0.15) is 5.10 Å². The van der Waals surface area contributed by atoms with Crippen molar-refractivity contribution in [1.82, 2.24) is 15.1 Å². The molecule has 0 saturated carbocycles. The monoisotopic (exact) mass is 241 g/mol. The van der Waals surface area contributed by atoms with Crippen molar-refractivity contribution >= 4 is 17.5 Å². The van der Waals surface area contributed by atoms with Gasteiger partial charge in [-0.05, 0) is 32.3 Å². The first-order valence-electron chi connectivity index (χ1n) is 5.62. The molecule has 1 N–H and O–H groups in total. The van der Waals surface area contributed by atoms with Gasteiger partial charge in [0.25, 0.3) is 0 Å². The lowest BCUT2D eigenvalue weighted by molar-refractivity contribution is -0.119. The van der Waals surface area contributed by atoms with Gasteiger partial charge in [-0.15, -0.1) is 11.6 Å². The van der Waals surface area contributed by atoms with Crippen LogP contribution in [0.5, 0.6) is 0 Å². The Balaban J connectivity index is 2.08. The average molecular weight is 242 g/mol. The van der Waals surface area contributed by atoms with E-state index in [4.69, 9.17) is 11.6 Å². The highest BCUT2D eigenvalue weighted by molar-refractivity contribution is 6.27. The van der Waals surface area contributed by atoms with Crippen molar-refractivity contribution < 1.29 is 4.79 Å². The number of amides is 1. The fourth-order valence-corrected chi connectivity index (χ4v) is 2.08. The van der Waals surface area contributed by atoms with Crippen molar-refractivity contribution in [3.05, 3.63) is 17.5 Å². The number of nitrogens with one attached hydrogen (secondary N) is 1. The first kappa shape index (κ1) is 11.5. The third kappa shape index (κ3) is 2.38. The first-order chi connectivity index (χ1) is 7.70. The second kappa shape index (κ2) is 4.87. The van der Waals surface area contributed by atoms with Crippen molar-refractivity contribution in [2.75, 3.05) is 5.88 Å². The number of alkyl halides is 1. The van der Waals surface area contributed by atoms with E-state index in [1.54, 1.807) is 0 Å². The third-order valence-electron chi connectivity index (χ3n) is 2.88. The highest BCUT2D eigenvalue weighted by atomic mass is 35.5. The zero-order chi connectivity index (χ0) is 11.5. The standard InChI is InChI=1S/C11H16ClN3O/c1-8(13-11(16)7-12)10-6-9-4-2-3-5-15(9)14-10/h6,8H,2-5,7H2,1H3,(H,13,16). The molecular weight excluding hydrogens is 226 g/mol. The molecule has 88 valence electrons. The van der Waals surface area contributed by atoms with E-state index in [1.165, 1.54) is 18.5 Å². The average Bonchev–Trinajstić information content (AvgIpc) is 2.72. The summed E-state index contributed by atoms with van der Waals surface area (Å²) in [6, 6.07) is 2.02. The van der Waals surface area contributed by atoms with Gasteiger partial charge in [0.05, 0.1) is 11.7 Å². The molecule has 1 unspecified atom stereocenters. The van der Waals surface area contributed by atoms with Crippen LogP contribution in [0.15, 0.2) is 6.07 Å². The van der Waals surface area contributed by atoms with Crippen LogP contribution >= 0.6 is 11.6 Å². The molecule has 2 rings (SSSR count). The minimum absolute atomic E-state index is 0.00208. The van der Waals surface area contributed by atoms with Crippen LogP contribution in [0.1, 0.15) is 37.2 Å². The number of aryl methyl sites for hydroxylation is 2. The summed E-state index contributed by atoms with van der Waals surface area (Å²) in [7, 11) is 0. The molecule has 16 heavy (non-hydrogen) atoms. The Morgan fingerprint density at radius 3 is 3.19 bits per heavy atom. The van der Waals surface area contributed by atoms with Crippen molar-refractivity contribution in [1.29, 1.82) is 0 Å². The number of nitrogens with zero attached hydrogens (tertiary/aromatic N) is 2. The molecule has 2 heterocycles. The fourth-order valence-electron chi connectivity index (χ4n) is 2.01. The van der Waals surface area contributed by atoms with Gasteiger partial charge in [0.1, 0.15) is 5.88 Å². The number of carbonyl (C=O) groups is 1. The summed E-state index contributed by atoms with van der Waals surface area (Å²) in [5.41, 5.74) is 2.20. The van der Waals surface area contributed by atoms with E-state index in [1.807, 2.05) is 11.6 Å². The Morgan fingerprint density at radius 2 is 2.50 bits per heavy atom. The summed E-state index contributed by atoms with van der Waals surface area (Å²) >= 11 is 5.45. The Bertz CT molecular complexity index is 365. The maximum Gasteiger partial charge on any atom is 0.235 e. The largest absolute Gasteiger partial charge is 0.347 e.